The van der Waals surface area contributed by atoms with Gasteiger partial charge in [0.1, 0.15) is 0 Å². The van der Waals surface area contributed by atoms with E-state index < -0.39 is 0 Å². The highest BCUT2D eigenvalue weighted by atomic mass is 14.8. The Morgan fingerprint density at radius 2 is 1.60 bits per heavy atom. The lowest BCUT2D eigenvalue weighted by atomic mass is 9.81. The first kappa shape index (κ1) is 21.6. The summed E-state index contributed by atoms with van der Waals surface area (Å²) in [5.74, 6) is 2.97. The number of nitrogens with zero attached hydrogens (tertiary/aromatic N) is 1. The molecule has 152 valence electrons. The van der Waals surface area contributed by atoms with E-state index in [1.807, 2.05) is 6.07 Å². The SMILES string of the molecule is C#Cc1c(C(C)=NC(C)c2ccccc2C)cc(C(C)(C)C)cc1-c1ccccc1. The number of terminal acetylenes is 1. The molecule has 0 amide bonds. The third kappa shape index (κ3) is 4.55. The Hall–Kier alpha value is -3.11. The van der Waals surface area contributed by atoms with Gasteiger partial charge in [0.25, 0.3) is 0 Å². The van der Waals surface area contributed by atoms with Crippen molar-refractivity contribution >= 4 is 5.71 Å². The molecule has 0 spiro atoms. The van der Waals surface area contributed by atoms with Crippen LogP contribution in [0.2, 0.25) is 0 Å². The Balaban J connectivity index is 2.20. The van der Waals surface area contributed by atoms with Gasteiger partial charge in [-0.2, -0.15) is 0 Å². The summed E-state index contributed by atoms with van der Waals surface area (Å²) in [5.41, 5.74) is 8.93. The van der Waals surface area contributed by atoms with Crippen LogP contribution in [0.15, 0.2) is 71.7 Å². The molecule has 1 heteroatoms. The number of aryl methyl sites for hydroxylation is 1. The molecule has 0 aliphatic heterocycles. The molecule has 1 atom stereocenters. The Kier molecular flexibility index (Phi) is 6.28. The van der Waals surface area contributed by atoms with E-state index in [0.29, 0.717) is 0 Å². The molecule has 3 aromatic carbocycles. The third-order valence-electron chi connectivity index (χ3n) is 5.65. The normalized spacial score (nSPS) is 13.0. The van der Waals surface area contributed by atoms with Crippen LogP contribution in [0.5, 0.6) is 0 Å². The highest BCUT2D eigenvalue weighted by Crippen LogP contribution is 2.33. The molecule has 0 aromatic heterocycles. The van der Waals surface area contributed by atoms with Crippen LogP contribution in [-0.4, -0.2) is 5.71 Å². The predicted octanol–water partition coefficient (Wildman–Crippen LogP) is 7.51. The fourth-order valence-electron chi connectivity index (χ4n) is 3.85. The van der Waals surface area contributed by atoms with Crippen LogP contribution >= 0.6 is 0 Å². The molecule has 0 aliphatic carbocycles. The van der Waals surface area contributed by atoms with Gasteiger partial charge < -0.3 is 0 Å². The topological polar surface area (TPSA) is 12.4 Å². The quantitative estimate of drug-likeness (QED) is 0.321. The van der Waals surface area contributed by atoms with E-state index in [4.69, 9.17) is 11.4 Å². The van der Waals surface area contributed by atoms with Crippen LogP contribution in [0.25, 0.3) is 11.1 Å². The van der Waals surface area contributed by atoms with Crippen LogP contribution in [0.4, 0.5) is 0 Å². The summed E-state index contributed by atoms with van der Waals surface area (Å²) in [6.07, 6.45) is 6.05. The van der Waals surface area contributed by atoms with Crippen molar-refractivity contribution < 1.29 is 0 Å². The zero-order chi connectivity index (χ0) is 21.9. The monoisotopic (exact) mass is 393 g/mol. The molecule has 0 N–H and O–H groups in total. The molecule has 0 radical (unpaired) electrons. The minimum absolute atomic E-state index is 0.00727. The lowest BCUT2D eigenvalue weighted by Gasteiger charge is -2.23. The fourth-order valence-corrected chi connectivity index (χ4v) is 3.85. The third-order valence-corrected chi connectivity index (χ3v) is 5.65. The molecular formula is C29H31N. The Bertz CT molecular complexity index is 1110. The van der Waals surface area contributed by atoms with Crippen LogP contribution in [0, 0.1) is 19.3 Å². The second kappa shape index (κ2) is 8.72. The van der Waals surface area contributed by atoms with Gasteiger partial charge in [0.15, 0.2) is 0 Å². The van der Waals surface area contributed by atoms with Gasteiger partial charge >= 0.3 is 0 Å². The highest BCUT2D eigenvalue weighted by molar-refractivity contribution is 6.03. The summed E-state index contributed by atoms with van der Waals surface area (Å²) in [6.45, 7) is 13.1. The van der Waals surface area contributed by atoms with Crippen LogP contribution in [-0.2, 0) is 5.41 Å². The Labute approximate surface area is 181 Å². The first-order valence-corrected chi connectivity index (χ1v) is 10.5. The van der Waals surface area contributed by atoms with Gasteiger partial charge in [-0.05, 0) is 66.1 Å². The number of aliphatic imine (C=N–C) groups is 1. The van der Waals surface area contributed by atoms with Gasteiger partial charge in [0.05, 0.1) is 6.04 Å². The van der Waals surface area contributed by atoms with Crippen molar-refractivity contribution in [3.63, 3.8) is 0 Å². The minimum atomic E-state index is 0.00727. The van der Waals surface area contributed by atoms with E-state index in [-0.39, 0.29) is 11.5 Å². The van der Waals surface area contributed by atoms with Crippen molar-refractivity contribution in [3.05, 3.63) is 94.5 Å². The van der Waals surface area contributed by atoms with Crippen molar-refractivity contribution in [2.75, 3.05) is 0 Å². The summed E-state index contributed by atoms with van der Waals surface area (Å²) in [4.78, 5) is 5.07. The van der Waals surface area contributed by atoms with E-state index in [1.54, 1.807) is 0 Å². The summed E-state index contributed by atoms with van der Waals surface area (Å²) in [7, 11) is 0. The van der Waals surface area contributed by atoms with Crippen molar-refractivity contribution in [3.8, 4) is 23.5 Å². The van der Waals surface area contributed by atoms with E-state index in [0.717, 1.165) is 28.0 Å². The second-order valence-corrected chi connectivity index (χ2v) is 8.95. The maximum absolute atomic E-state index is 6.05. The lowest BCUT2D eigenvalue weighted by molar-refractivity contribution is 0.590. The van der Waals surface area contributed by atoms with Crippen LogP contribution in [0.3, 0.4) is 0 Å². The van der Waals surface area contributed by atoms with Crippen LogP contribution < -0.4 is 0 Å². The molecule has 0 heterocycles. The summed E-state index contributed by atoms with van der Waals surface area (Å²) in [5, 5.41) is 0. The molecule has 0 bridgehead atoms. The fraction of sp³-hybridized carbons (Fsp3) is 0.276. The van der Waals surface area contributed by atoms with E-state index in [2.05, 4.69) is 108 Å². The molecule has 0 saturated heterocycles. The van der Waals surface area contributed by atoms with Gasteiger partial charge in [-0.15, -0.1) is 6.42 Å². The zero-order valence-electron chi connectivity index (χ0n) is 19.0. The maximum Gasteiger partial charge on any atom is 0.0726 e. The number of hydrogen-bond acceptors (Lipinski definition) is 1. The average molecular weight is 394 g/mol. The van der Waals surface area contributed by atoms with Crippen molar-refractivity contribution in [2.45, 2.75) is 53.0 Å². The summed E-state index contributed by atoms with van der Waals surface area (Å²) in [6, 6.07) is 23.3. The van der Waals surface area contributed by atoms with Crippen molar-refractivity contribution in [2.24, 2.45) is 4.99 Å². The minimum Gasteiger partial charge on any atom is -0.282 e. The zero-order valence-corrected chi connectivity index (χ0v) is 19.0. The molecular weight excluding hydrogens is 362 g/mol. The van der Waals surface area contributed by atoms with E-state index in [1.165, 1.54) is 16.7 Å². The second-order valence-electron chi connectivity index (χ2n) is 8.95. The van der Waals surface area contributed by atoms with E-state index >= 15 is 0 Å². The van der Waals surface area contributed by atoms with Gasteiger partial charge in [0.2, 0.25) is 0 Å². The predicted molar refractivity (Wildman–Crippen MR) is 130 cm³/mol. The molecule has 1 nitrogen and oxygen atoms in total. The average Bonchev–Trinajstić information content (AvgIpc) is 2.72. The van der Waals surface area contributed by atoms with Gasteiger partial charge in [-0.3, -0.25) is 4.99 Å². The van der Waals surface area contributed by atoms with Crippen LogP contribution in [0.1, 0.15) is 68.5 Å². The standard InChI is InChI=1S/C29H31N/c1-8-25-27(22(4)30-21(3)26-17-13-12-14-20(26)2)18-24(29(5,6)7)19-28(25)23-15-10-9-11-16-23/h1,9-19,21H,2-7H3. The largest absolute Gasteiger partial charge is 0.282 e. The van der Waals surface area contributed by atoms with Gasteiger partial charge in [0, 0.05) is 16.8 Å². The first-order valence-electron chi connectivity index (χ1n) is 10.5. The molecule has 0 fully saturated rings. The van der Waals surface area contributed by atoms with Gasteiger partial charge in [-0.1, -0.05) is 81.3 Å². The molecule has 0 saturated carbocycles. The molecule has 3 rings (SSSR count). The van der Waals surface area contributed by atoms with E-state index in [9.17, 15) is 0 Å². The lowest BCUT2D eigenvalue weighted by Crippen LogP contribution is -2.14. The maximum atomic E-state index is 6.05. The summed E-state index contributed by atoms with van der Waals surface area (Å²) >= 11 is 0. The number of benzene rings is 3. The van der Waals surface area contributed by atoms with Crippen molar-refractivity contribution in [1.82, 2.24) is 0 Å². The molecule has 30 heavy (non-hydrogen) atoms. The van der Waals surface area contributed by atoms with Gasteiger partial charge in [-0.25, -0.2) is 0 Å². The number of hydrogen-bond donors (Lipinski definition) is 0. The Morgan fingerprint density at radius 3 is 2.20 bits per heavy atom. The summed E-state index contributed by atoms with van der Waals surface area (Å²) < 4.78 is 0. The number of rotatable bonds is 4. The highest BCUT2D eigenvalue weighted by Gasteiger charge is 2.20. The van der Waals surface area contributed by atoms with Crippen molar-refractivity contribution in [1.29, 1.82) is 0 Å². The molecule has 0 aliphatic rings. The Morgan fingerprint density at radius 1 is 0.967 bits per heavy atom. The molecule has 3 aromatic rings. The first-order chi connectivity index (χ1) is 14.2. The smallest absolute Gasteiger partial charge is 0.0726 e. The molecule has 1 unspecified atom stereocenters.